The molecule has 0 bridgehead atoms. The largest absolute Gasteiger partial charge is 0.417 e. The van der Waals surface area contributed by atoms with Crippen molar-refractivity contribution in [1.82, 2.24) is 9.97 Å². The quantitative estimate of drug-likeness (QED) is 0.0352. The molecule has 0 spiro atoms. The molecule has 2 aromatic carbocycles. The number of fused-ring (bicyclic) bond motifs is 2. The lowest BCUT2D eigenvalue weighted by Gasteiger charge is -2.16. The van der Waals surface area contributed by atoms with Crippen molar-refractivity contribution < 1.29 is 27.8 Å². The average Bonchev–Trinajstić information content (AvgIpc) is 3.71. The highest BCUT2D eigenvalue weighted by atomic mass is 33.1. The highest BCUT2D eigenvalue weighted by molar-refractivity contribution is 8.76. The minimum Gasteiger partial charge on any atom is -0.417 e. The van der Waals surface area contributed by atoms with Crippen LogP contribution >= 0.6 is 44.3 Å². The van der Waals surface area contributed by atoms with Gasteiger partial charge in [-0.15, -0.1) is 22.7 Å². The molecule has 4 aromatic rings. The van der Waals surface area contributed by atoms with Crippen molar-refractivity contribution in [2.45, 2.75) is 36.8 Å². The van der Waals surface area contributed by atoms with Crippen LogP contribution in [0.15, 0.2) is 48.5 Å². The van der Waals surface area contributed by atoms with Gasteiger partial charge in [-0.05, 0) is 49.2 Å². The summed E-state index contributed by atoms with van der Waals surface area (Å²) in [5.74, 6) is 2.69. The summed E-state index contributed by atoms with van der Waals surface area (Å²) in [5, 5.41) is 2.41. The average molecular weight is 737 g/mol. The molecule has 250 valence electrons. The topological polar surface area (TPSA) is 81.2 Å². The van der Waals surface area contributed by atoms with E-state index in [0.717, 1.165) is 47.5 Å². The number of hydrogen-bond donors (Lipinski definition) is 0. The number of ether oxygens (including phenoxy) is 4. The van der Waals surface area contributed by atoms with Crippen LogP contribution in [0.5, 0.6) is 0 Å². The van der Waals surface area contributed by atoms with Gasteiger partial charge in [0.2, 0.25) is 19.5 Å². The van der Waals surface area contributed by atoms with Gasteiger partial charge < -0.3 is 27.8 Å². The van der Waals surface area contributed by atoms with Crippen LogP contribution in [-0.4, -0.2) is 108 Å². The zero-order valence-corrected chi connectivity index (χ0v) is 31.9. The van der Waals surface area contributed by atoms with E-state index < -0.39 is 0 Å². The molecule has 8 nitrogen and oxygen atoms in total. The molecule has 4 rings (SSSR count). The molecular weight excluding hydrogens is 693 g/mol. The third kappa shape index (κ3) is 13.9. The summed E-state index contributed by atoms with van der Waals surface area (Å²) in [7, 11) is 8.15. The maximum atomic E-state index is 6.04. The molecule has 0 N–H and O–H groups in total. The smallest absolute Gasteiger partial charge is 0.230 e. The normalized spacial score (nSPS) is 13.2. The van der Waals surface area contributed by atoms with Crippen molar-refractivity contribution in [2.24, 2.45) is 0 Å². The molecule has 2 atom stereocenters. The molecule has 0 aliphatic rings. The van der Waals surface area contributed by atoms with Crippen LogP contribution in [0.25, 0.3) is 20.4 Å². The lowest BCUT2D eigenvalue weighted by Crippen LogP contribution is -2.11. The summed E-state index contributed by atoms with van der Waals surface area (Å²) in [5.41, 5.74) is 2.17. The summed E-state index contributed by atoms with van der Waals surface area (Å²) in [4.78, 5) is 10.0. The van der Waals surface area contributed by atoms with Gasteiger partial charge in [0.05, 0.1) is 56.9 Å². The first-order chi connectivity index (χ1) is 22.8. The predicted octanol–water partition coefficient (Wildman–Crippen LogP) is 7.37. The Bertz CT molecular complexity index is 1200. The van der Waals surface area contributed by atoms with E-state index in [0.29, 0.717) is 84.2 Å². The van der Waals surface area contributed by atoms with Gasteiger partial charge in [-0.3, -0.25) is 0 Å². The van der Waals surface area contributed by atoms with Crippen molar-refractivity contribution in [3.63, 3.8) is 0 Å². The molecule has 46 heavy (non-hydrogen) atoms. The minimum atomic E-state index is 0.350. The van der Waals surface area contributed by atoms with E-state index >= 15 is 0 Å². The van der Waals surface area contributed by atoms with Crippen LogP contribution in [0, 0.1) is 0 Å². The van der Waals surface area contributed by atoms with Crippen molar-refractivity contribution in [2.75, 3.05) is 78.6 Å². The second-order valence-electron chi connectivity index (χ2n) is 10.3. The zero-order valence-electron chi connectivity index (χ0n) is 26.6. The maximum absolute atomic E-state index is 6.04. The lowest BCUT2D eigenvalue weighted by molar-refractivity contribution is 0.0646. The maximum Gasteiger partial charge on any atom is 0.230 e. The van der Waals surface area contributed by atoms with Crippen LogP contribution < -0.4 is 0 Å². The van der Waals surface area contributed by atoms with Crippen molar-refractivity contribution >= 4 is 84.2 Å². The Labute approximate surface area is 294 Å². The van der Waals surface area contributed by atoms with E-state index in [2.05, 4.69) is 48.5 Å². The van der Waals surface area contributed by atoms with E-state index in [9.17, 15) is 0 Å². The minimum absolute atomic E-state index is 0.350. The highest BCUT2D eigenvalue weighted by Gasteiger charge is 2.21. The van der Waals surface area contributed by atoms with Crippen LogP contribution in [-0.2, 0) is 27.8 Å². The predicted molar refractivity (Wildman–Crippen MR) is 197 cm³/mol. The number of rotatable bonds is 27. The lowest BCUT2D eigenvalue weighted by atomic mass is 10.2. The molecule has 0 aliphatic heterocycles. The van der Waals surface area contributed by atoms with Crippen molar-refractivity contribution in [1.29, 1.82) is 0 Å². The molecule has 2 unspecified atom stereocenters. The van der Waals surface area contributed by atoms with Gasteiger partial charge >= 0.3 is 0 Å². The van der Waals surface area contributed by atoms with Gasteiger partial charge in [0.15, 0.2) is 0 Å². The fourth-order valence-electron chi connectivity index (χ4n) is 4.24. The fourth-order valence-corrected chi connectivity index (χ4v) is 11.8. The number of benzene rings is 2. The standard InChI is InChI=1S/C32H44N2O6S4Si2/c1-35-17-19-37-13-7-15-39-45-23-25(31-33-27-9-3-5-11-29(27)43-31)21-41-42-22-26(24-46-40-16-8-14-38-20-18-36-2)32-34-28-10-4-6-12-30(28)44-32/h3-6,9-12,25-26H,7-8,13-24H2,1-2H3. The first-order valence-electron chi connectivity index (χ1n) is 15.6. The summed E-state index contributed by atoms with van der Waals surface area (Å²) < 4.78 is 35.7. The van der Waals surface area contributed by atoms with Gasteiger partial charge in [0, 0.05) is 64.0 Å². The first kappa shape index (κ1) is 37.9. The molecule has 2 aromatic heterocycles. The fraction of sp³-hybridized carbons (Fsp3) is 0.562. The number of nitrogens with zero attached hydrogens (tertiary/aromatic N) is 2. The van der Waals surface area contributed by atoms with Gasteiger partial charge in [0.25, 0.3) is 0 Å². The molecular formula is C32H44N2O6S4Si2. The third-order valence-electron chi connectivity index (χ3n) is 6.74. The molecule has 0 amide bonds. The zero-order chi connectivity index (χ0) is 32.1. The number of thiazole rings is 2. The van der Waals surface area contributed by atoms with Gasteiger partial charge in [-0.1, -0.05) is 45.9 Å². The van der Waals surface area contributed by atoms with E-state index in [4.69, 9.17) is 37.8 Å². The summed E-state index contributed by atoms with van der Waals surface area (Å²) >= 11 is 3.63. The van der Waals surface area contributed by atoms with Gasteiger partial charge in [-0.2, -0.15) is 0 Å². The monoisotopic (exact) mass is 736 g/mol. The Morgan fingerprint density at radius 1 is 0.609 bits per heavy atom. The molecule has 0 aliphatic carbocycles. The van der Waals surface area contributed by atoms with Gasteiger partial charge in [-0.25, -0.2) is 9.97 Å². The third-order valence-corrected chi connectivity index (χ3v) is 13.8. The Kier molecular flexibility index (Phi) is 19.3. The molecule has 4 radical (unpaired) electrons. The SMILES string of the molecule is COCCOCCCO[Si]CC(CSSCC(C[Si]OCCCOCCOC)c1nc2ccccc2s1)c1nc2ccccc2s1. The van der Waals surface area contributed by atoms with Crippen LogP contribution in [0.2, 0.25) is 12.1 Å². The van der Waals surface area contributed by atoms with Crippen molar-refractivity contribution in [3.05, 3.63) is 58.5 Å². The van der Waals surface area contributed by atoms with E-state index in [1.165, 1.54) is 19.4 Å². The number of para-hydroxylation sites is 2. The Morgan fingerprint density at radius 2 is 1.07 bits per heavy atom. The van der Waals surface area contributed by atoms with Crippen LogP contribution in [0.1, 0.15) is 34.7 Å². The molecule has 2 heterocycles. The Balaban J connectivity index is 1.26. The Morgan fingerprint density at radius 3 is 1.50 bits per heavy atom. The molecule has 0 saturated heterocycles. The number of methoxy groups -OCH3 is 2. The highest BCUT2D eigenvalue weighted by Crippen LogP contribution is 2.39. The number of hydrogen-bond acceptors (Lipinski definition) is 12. The second kappa shape index (κ2) is 23.5. The molecule has 0 saturated carbocycles. The second-order valence-corrected chi connectivity index (χ2v) is 17.0. The van der Waals surface area contributed by atoms with Gasteiger partial charge in [0.1, 0.15) is 0 Å². The van der Waals surface area contributed by atoms with E-state index in [1.807, 2.05) is 44.3 Å². The van der Waals surface area contributed by atoms with Crippen molar-refractivity contribution in [3.8, 4) is 0 Å². The van der Waals surface area contributed by atoms with E-state index in [1.54, 1.807) is 14.2 Å². The first-order valence-corrected chi connectivity index (χ1v) is 21.9. The summed E-state index contributed by atoms with van der Waals surface area (Å²) in [6, 6.07) is 18.8. The Hall–Kier alpha value is -0.886. The molecule has 14 heteroatoms. The van der Waals surface area contributed by atoms with E-state index in [-0.39, 0.29) is 0 Å². The summed E-state index contributed by atoms with van der Waals surface area (Å²) in [6.45, 7) is 5.35. The summed E-state index contributed by atoms with van der Waals surface area (Å²) in [6.07, 6.45) is 1.79. The van der Waals surface area contributed by atoms with Crippen LogP contribution in [0.3, 0.4) is 0 Å². The number of aromatic nitrogens is 2. The van der Waals surface area contributed by atoms with Crippen LogP contribution in [0.4, 0.5) is 0 Å². The molecule has 0 fully saturated rings.